The summed E-state index contributed by atoms with van der Waals surface area (Å²) in [5.74, 6) is 0.989. The molecule has 0 saturated carbocycles. The maximum absolute atomic E-state index is 6.12. The van der Waals surface area contributed by atoms with Crippen LogP contribution in [0, 0.1) is 0 Å². The van der Waals surface area contributed by atoms with E-state index in [9.17, 15) is 0 Å². The summed E-state index contributed by atoms with van der Waals surface area (Å²) in [4.78, 5) is 0. The second-order valence-corrected chi connectivity index (χ2v) is 14.6. The van der Waals surface area contributed by atoms with Crippen molar-refractivity contribution >= 4 is 38.9 Å². The average molecular weight is 717 g/mol. The second-order valence-electron chi connectivity index (χ2n) is 14.6. The lowest BCUT2D eigenvalue weighted by Crippen LogP contribution is -2.07. The molecule has 0 unspecified atom stereocenters. The van der Waals surface area contributed by atoms with Gasteiger partial charge in [0.1, 0.15) is 11.3 Å². The lowest BCUT2D eigenvalue weighted by molar-refractivity contribution is 0.532. The van der Waals surface area contributed by atoms with Gasteiger partial charge >= 0.3 is 0 Å². The molecule has 10 aromatic rings. The zero-order valence-electron chi connectivity index (χ0n) is 30.6. The second kappa shape index (κ2) is 13.2. The van der Waals surface area contributed by atoms with Crippen LogP contribution in [0.25, 0.3) is 100 Å². The molecule has 3 heteroatoms. The van der Waals surface area contributed by atoms with Gasteiger partial charge in [0, 0.05) is 27.4 Å². The normalized spacial score (nSPS) is 12.3. The molecule has 0 amide bonds. The first kappa shape index (κ1) is 32.1. The summed E-state index contributed by atoms with van der Waals surface area (Å²) in [5.41, 5.74) is 17.6. The van der Waals surface area contributed by atoms with Crippen LogP contribution in [0.4, 0.5) is 0 Å². The Morgan fingerprint density at radius 1 is 0.393 bits per heavy atom. The van der Waals surface area contributed by atoms with Crippen molar-refractivity contribution in [1.82, 2.24) is 9.88 Å². The van der Waals surface area contributed by atoms with Crippen molar-refractivity contribution in [2.24, 2.45) is 0 Å². The van der Waals surface area contributed by atoms with Gasteiger partial charge in [-0.2, -0.15) is 0 Å². The Kier molecular flexibility index (Phi) is 7.56. The molecule has 1 aliphatic heterocycles. The Morgan fingerprint density at radius 3 is 1.36 bits per heavy atom. The molecule has 0 atom stereocenters. The van der Waals surface area contributed by atoms with E-state index in [4.69, 9.17) is 4.42 Å². The molecule has 1 N–H and O–H groups in total. The Hall–Kier alpha value is -7.36. The number of hydrogen-bond acceptors (Lipinski definition) is 2. The molecule has 264 valence electrons. The molecule has 11 rings (SSSR count). The summed E-state index contributed by atoms with van der Waals surface area (Å²) < 4.78 is 8.50. The molecule has 8 aromatic carbocycles. The zero-order chi connectivity index (χ0) is 37.0. The standard InChI is InChI=1S/C53H36N2O/c1-3-22-50-46(20-1)47-21-2-4-23-51(47)55(50)45-19-9-18-43(32-45)41-16-7-14-39(30-41)37-12-5-10-35(28-37)36-11-6-13-38(29-36)40-15-8-17-42(31-40)44-24-25-52-49(33-44)48-26-27-54-34-53(48)56-52/h1-33,54H,34H2. The van der Waals surface area contributed by atoms with Crippen LogP contribution >= 0.6 is 0 Å². The maximum atomic E-state index is 6.12. The van der Waals surface area contributed by atoms with E-state index < -0.39 is 0 Å². The van der Waals surface area contributed by atoms with Crippen LogP contribution in [0.1, 0.15) is 11.3 Å². The van der Waals surface area contributed by atoms with E-state index in [0.29, 0.717) is 0 Å². The van der Waals surface area contributed by atoms with Gasteiger partial charge in [0.05, 0.1) is 17.6 Å². The summed E-state index contributed by atoms with van der Waals surface area (Å²) in [7, 11) is 0. The number of fused-ring (bicyclic) bond motifs is 6. The summed E-state index contributed by atoms with van der Waals surface area (Å²) in [6, 6.07) is 68.3. The minimum Gasteiger partial charge on any atom is -0.459 e. The van der Waals surface area contributed by atoms with Crippen molar-refractivity contribution in [2.45, 2.75) is 6.54 Å². The van der Waals surface area contributed by atoms with Crippen molar-refractivity contribution in [3.05, 3.63) is 206 Å². The summed E-state index contributed by atoms with van der Waals surface area (Å²) in [6.45, 7) is 0.719. The first-order valence-electron chi connectivity index (χ1n) is 19.2. The Morgan fingerprint density at radius 2 is 0.839 bits per heavy atom. The number of rotatable bonds is 6. The Bertz CT molecular complexity index is 3100. The van der Waals surface area contributed by atoms with E-state index in [1.165, 1.54) is 83.0 Å². The molecule has 3 heterocycles. The monoisotopic (exact) mass is 716 g/mol. The molecule has 0 radical (unpaired) electrons. The molecular weight excluding hydrogens is 681 g/mol. The fourth-order valence-electron chi connectivity index (χ4n) is 8.49. The van der Waals surface area contributed by atoms with Gasteiger partial charge in [-0.05, 0) is 129 Å². The van der Waals surface area contributed by atoms with Crippen molar-refractivity contribution in [3.63, 3.8) is 0 Å². The van der Waals surface area contributed by atoms with Crippen LogP contribution in [-0.4, -0.2) is 4.57 Å². The first-order valence-corrected chi connectivity index (χ1v) is 19.2. The predicted octanol–water partition coefficient (Wildman–Crippen LogP) is 13.9. The van der Waals surface area contributed by atoms with E-state index >= 15 is 0 Å². The number of para-hydroxylation sites is 2. The van der Waals surface area contributed by atoms with E-state index in [1.54, 1.807) is 0 Å². The van der Waals surface area contributed by atoms with Crippen LogP contribution in [0.2, 0.25) is 0 Å². The Labute approximate surface area is 325 Å². The van der Waals surface area contributed by atoms with Crippen molar-refractivity contribution in [3.8, 4) is 61.3 Å². The van der Waals surface area contributed by atoms with Gasteiger partial charge in [-0.25, -0.2) is 0 Å². The molecule has 0 aliphatic carbocycles. The van der Waals surface area contributed by atoms with Gasteiger partial charge in [0.15, 0.2) is 0 Å². The predicted molar refractivity (Wildman–Crippen MR) is 234 cm³/mol. The third kappa shape index (κ3) is 5.52. The highest BCUT2D eigenvalue weighted by Crippen LogP contribution is 2.37. The first-order chi connectivity index (χ1) is 27.7. The maximum Gasteiger partial charge on any atom is 0.135 e. The van der Waals surface area contributed by atoms with E-state index in [1.807, 2.05) is 6.20 Å². The van der Waals surface area contributed by atoms with Gasteiger partial charge in [0.25, 0.3) is 0 Å². The van der Waals surface area contributed by atoms with Crippen molar-refractivity contribution in [2.75, 3.05) is 0 Å². The smallest absolute Gasteiger partial charge is 0.135 e. The third-order valence-electron chi connectivity index (χ3n) is 11.2. The minimum absolute atomic E-state index is 0.719. The number of nitrogens with zero attached hydrogens (tertiary/aromatic N) is 1. The highest BCUT2D eigenvalue weighted by Gasteiger charge is 2.16. The number of hydrogen-bond donors (Lipinski definition) is 1. The Balaban J connectivity index is 0.903. The lowest BCUT2D eigenvalue weighted by atomic mass is 9.94. The van der Waals surface area contributed by atoms with E-state index in [-0.39, 0.29) is 0 Å². The van der Waals surface area contributed by atoms with Gasteiger partial charge in [-0.15, -0.1) is 0 Å². The topological polar surface area (TPSA) is 30.1 Å². The molecule has 0 saturated heterocycles. The summed E-state index contributed by atoms with van der Waals surface area (Å²) in [6.07, 6.45) is 4.10. The summed E-state index contributed by atoms with van der Waals surface area (Å²) in [5, 5.41) is 6.94. The minimum atomic E-state index is 0.719. The molecule has 2 aromatic heterocycles. The van der Waals surface area contributed by atoms with Gasteiger partial charge in [-0.3, -0.25) is 0 Å². The fourth-order valence-corrected chi connectivity index (χ4v) is 8.49. The highest BCUT2D eigenvalue weighted by molar-refractivity contribution is 6.09. The summed E-state index contributed by atoms with van der Waals surface area (Å²) >= 11 is 0. The van der Waals surface area contributed by atoms with Gasteiger partial charge in [0.2, 0.25) is 0 Å². The number of aromatic nitrogens is 1. The van der Waals surface area contributed by atoms with Crippen molar-refractivity contribution in [1.29, 1.82) is 0 Å². The molecule has 0 bridgehead atoms. The van der Waals surface area contributed by atoms with Crippen molar-refractivity contribution < 1.29 is 4.42 Å². The van der Waals surface area contributed by atoms with E-state index in [2.05, 4.69) is 204 Å². The molecule has 0 spiro atoms. The highest BCUT2D eigenvalue weighted by atomic mass is 16.3. The molecule has 1 aliphatic rings. The lowest BCUT2D eigenvalue weighted by Gasteiger charge is -2.12. The van der Waals surface area contributed by atoms with Crippen LogP contribution in [0.5, 0.6) is 0 Å². The van der Waals surface area contributed by atoms with Gasteiger partial charge < -0.3 is 14.3 Å². The van der Waals surface area contributed by atoms with Gasteiger partial charge in [-0.1, -0.05) is 127 Å². The van der Waals surface area contributed by atoms with Crippen LogP contribution in [-0.2, 0) is 6.54 Å². The molecular formula is C53H36N2O. The van der Waals surface area contributed by atoms with Crippen LogP contribution in [0.15, 0.2) is 199 Å². The quantitative estimate of drug-likeness (QED) is 0.186. The number of nitrogens with one attached hydrogen (secondary N) is 1. The zero-order valence-corrected chi connectivity index (χ0v) is 30.6. The number of benzene rings is 8. The molecule has 56 heavy (non-hydrogen) atoms. The fraction of sp³-hybridized carbons (Fsp3) is 0.0189. The van der Waals surface area contributed by atoms with Crippen LogP contribution in [0.3, 0.4) is 0 Å². The largest absolute Gasteiger partial charge is 0.459 e. The number of furan rings is 1. The van der Waals surface area contributed by atoms with E-state index in [0.717, 1.165) is 29.0 Å². The molecule has 0 fully saturated rings. The van der Waals surface area contributed by atoms with Crippen LogP contribution < -0.4 is 5.32 Å². The third-order valence-corrected chi connectivity index (χ3v) is 11.2. The SMILES string of the molecule is C1=Cc2c(oc3ccc(-c4cccc(-c5cccc(-c6cccc(-c7cccc(-c8cccc(-n9c%10ccccc%10c%10ccccc%109)c8)c7)c6)c5)c4)cc23)CN1. The molecule has 3 nitrogen and oxygen atoms in total. The average Bonchev–Trinajstić information content (AvgIpc) is 3.82.